The lowest BCUT2D eigenvalue weighted by molar-refractivity contribution is 0.130. The first-order valence-electron chi connectivity index (χ1n) is 9.36. The number of likely N-dealkylation sites (tertiary alicyclic amines) is 1. The Balaban J connectivity index is 1.96. The Kier molecular flexibility index (Phi) is 5.42. The van der Waals surface area contributed by atoms with Crippen LogP contribution in [0.4, 0.5) is 0 Å². The molecule has 2 aromatic rings. The van der Waals surface area contributed by atoms with Crippen molar-refractivity contribution in [3.8, 4) is 0 Å². The van der Waals surface area contributed by atoms with Gasteiger partial charge in [0.2, 0.25) is 10.0 Å². The van der Waals surface area contributed by atoms with Gasteiger partial charge in [0.1, 0.15) is 5.82 Å². The van der Waals surface area contributed by atoms with Crippen LogP contribution in [0.3, 0.4) is 0 Å². The highest BCUT2D eigenvalue weighted by atomic mass is 32.2. The Morgan fingerprint density at radius 3 is 2.42 bits per heavy atom. The highest BCUT2D eigenvalue weighted by Crippen LogP contribution is 2.25. The average Bonchev–Trinajstić information content (AvgIpc) is 2.89. The van der Waals surface area contributed by atoms with Crippen molar-refractivity contribution in [2.24, 2.45) is 11.8 Å². The van der Waals surface area contributed by atoms with E-state index in [1.54, 1.807) is 26.2 Å². The van der Waals surface area contributed by atoms with E-state index in [0.29, 0.717) is 16.7 Å². The third-order valence-corrected chi connectivity index (χ3v) is 7.01. The lowest BCUT2D eigenvalue weighted by Gasteiger charge is -2.34. The largest absolute Gasteiger partial charge is 0.327 e. The lowest BCUT2D eigenvalue weighted by atomic mass is 9.92. The lowest BCUT2D eigenvalue weighted by Crippen LogP contribution is -2.38. The van der Waals surface area contributed by atoms with Crippen molar-refractivity contribution in [1.82, 2.24) is 18.8 Å². The summed E-state index contributed by atoms with van der Waals surface area (Å²) in [5.74, 6) is 2.42. The van der Waals surface area contributed by atoms with Gasteiger partial charge in [0, 0.05) is 33.7 Å². The minimum atomic E-state index is -3.45. The third-order valence-electron chi connectivity index (χ3n) is 5.20. The number of rotatable bonds is 5. The molecule has 2 atom stereocenters. The molecule has 144 valence electrons. The van der Waals surface area contributed by atoms with Crippen LogP contribution < -0.4 is 0 Å². The number of imidazole rings is 1. The van der Waals surface area contributed by atoms with Gasteiger partial charge in [-0.2, -0.15) is 0 Å². The molecule has 3 rings (SSSR count). The van der Waals surface area contributed by atoms with Crippen LogP contribution in [0.25, 0.3) is 11.0 Å². The number of hydrogen-bond donors (Lipinski definition) is 0. The molecule has 0 unspecified atom stereocenters. The minimum absolute atomic E-state index is 0.294. The molecule has 1 aromatic heterocycles. The number of sulfonamides is 1. The Morgan fingerprint density at radius 2 is 1.85 bits per heavy atom. The Bertz CT molecular complexity index is 878. The highest BCUT2D eigenvalue weighted by molar-refractivity contribution is 7.89. The summed E-state index contributed by atoms with van der Waals surface area (Å²) in [5, 5.41) is 0. The van der Waals surface area contributed by atoms with Crippen molar-refractivity contribution in [2.45, 2.75) is 45.2 Å². The summed E-state index contributed by atoms with van der Waals surface area (Å²) in [6.45, 7) is 10.6. The van der Waals surface area contributed by atoms with Crippen molar-refractivity contribution in [3.05, 3.63) is 24.0 Å². The van der Waals surface area contributed by atoms with E-state index in [2.05, 4.69) is 30.2 Å². The second kappa shape index (κ2) is 7.29. The first kappa shape index (κ1) is 19.3. The average molecular weight is 379 g/mol. The molecule has 0 saturated carbocycles. The number of aryl methyl sites for hydroxylation is 1. The van der Waals surface area contributed by atoms with Crippen molar-refractivity contribution in [1.29, 1.82) is 0 Å². The molecular formula is C19H30N4O2S. The Hall–Kier alpha value is -1.44. The van der Waals surface area contributed by atoms with Gasteiger partial charge in [-0.15, -0.1) is 0 Å². The van der Waals surface area contributed by atoms with Crippen molar-refractivity contribution in [3.63, 3.8) is 0 Å². The maximum absolute atomic E-state index is 12.4. The van der Waals surface area contributed by atoms with E-state index in [-0.39, 0.29) is 0 Å². The summed E-state index contributed by atoms with van der Waals surface area (Å²) in [7, 11) is -0.347. The molecular weight excluding hydrogens is 348 g/mol. The van der Waals surface area contributed by atoms with Crippen LogP contribution in [0.15, 0.2) is 23.1 Å². The number of piperidine rings is 1. The Morgan fingerprint density at radius 1 is 1.19 bits per heavy atom. The molecule has 0 N–H and O–H groups in total. The van der Waals surface area contributed by atoms with Gasteiger partial charge in [-0.1, -0.05) is 13.8 Å². The quantitative estimate of drug-likeness (QED) is 0.803. The van der Waals surface area contributed by atoms with Crippen LogP contribution in [0.5, 0.6) is 0 Å². The first-order valence-corrected chi connectivity index (χ1v) is 10.8. The number of hydrogen-bond acceptors (Lipinski definition) is 4. The monoisotopic (exact) mass is 378 g/mol. The van der Waals surface area contributed by atoms with Crippen molar-refractivity contribution < 1.29 is 8.42 Å². The fraction of sp³-hybridized carbons (Fsp3) is 0.632. The van der Waals surface area contributed by atoms with E-state index in [4.69, 9.17) is 4.98 Å². The molecule has 0 bridgehead atoms. The summed E-state index contributed by atoms with van der Waals surface area (Å²) >= 11 is 0. The summed E-state index contributed by atoms with van der Waals surface area (Å²) in [5.41, 5.74) is 1.75. The molecule has 1 saturated heterocycles. The second-order valence-corrected chi connectivity index (χ2v) is 10.0. The number of nitrogens with zero attached hydrogens (tertiary/aromatic N) is 4. The molecule has 0 spiro atoms. The van der Waals surface area contributed by atoms with E-state index in [9.17, 15) is 8.42 Å². The van der Waals surface area contributed by atoms with Crippen molar-refractivity contribution in [2.75, 3.05) is 27.2 Å². The Labute approximate surface area is 156 Å². The van der Waals surface area contributed by atoms with Crippen LogP contribution >= 0.6 is 0 Å². The van der Waals surface area contributed by atoms with Crippen LogP contribution in [-0.4, -0.2) is 54.4 Å². The summed E-state index contributed by atoms with van der Waals surface area (Å²) < 4.78 is 28.3. The molecule has 1 aromatic carbocycles. The second-order valence-electron chi connectivity index (χ2n) is 7.85. The predicted molar refractivity (Wildman–Crippen MR) is 105 cm³/mol. The zero-order chi connectivity index (χ0) is 19.1. The summed E-state index contributed by atoms with van der Waals surface area (Å²) in [6.07, 6.45) is 1.28. The molecule has 0 radical (unpaired) electrons. The predicted octanol–water partition coefficient (Wildman–Crippen LogP) is 2.78. The van der Waals surface area contributed by atoms with Gasteiger partial charge in [-0.25, -0.2) is 17.7 Å². The standard InChI is InChI=1S/C19H30N4O2S/c1-6-23-18-8-7-16(26(24,25)21(4)5)10-17(18)20-19(23)13-22-11-14(2)9-15(3)12-22/h7-8,10,14-15H,6,9,11-13H2,1-5H3/t14-,15-/m0/s1. The molecule has 7 heteroatoms. The first-order chi connectivity index (χ1) is 12.2. The van der Waals surface area contributed by atoms with Gasteiger partial charge in [0.05, 0.1) is 22.5 Å². The SMILES string of the molecule is CCn1c(CN2C[C@@H](C)C[C@H](C)C2)nc2cc(S(=O)(=O)N(C)C)ccc21. The van der Waals surface area contributed by atoms with E-state index in [1.807, 2.05) is 6.07 Å². The zero-order valence-corrected chi connectivity index (χ0v) is 17.3. The van der Waals surface area contributed by atoms with Gasteiger partial charge < -0.3 is 4.57 Å². The smallest absolute Gasteiger partial charge is 0.242 e. The van der Waals surface area contributed by atoms with Crippen LogP contribution in [-0.2, 0) is 23.1 Å². The molecule has 1 fully saturated rings. The minimum Gasteiger partial charge on any atom is -0.327 e. The topological polar surface area (TPSA) is 58.4 Å². The van der Waals surface area contributed by atoms with Gasteiger partial charge in [0.15, 0.2) is 0 Å². The highest BCUT2D eigenvalue weighted by Gasteiger charge is 2.24. The third kappa shape index (κ3) is 3.66. The van der Waals surface area contributed by atoms with Crippen molar-refractivity contribution >= 4 is 21.1 Å². The van der Waals surface area contributed by atoms with Gasteiger partial charge in [-0.05, 0) is 43.4 Å². The molecule has 26 heavy (non-hydrogen) atoms. The number of fused-ring (bicyclic) bond motifs is 1. The molecule has 2 heterocycles. The normalized spacial score (nSPS) is 22.4. The van der Waals surface area contributed by atoms with Gasteiger partial charge >= 0.3 is 0 Å². The van der Waals surface area contributed by atoms with Crippen LogP contribution in [0.2, 0.25) is 0 Å². The van der Waals surface area contributed by atoms with Crippen LogP contribution in [0.1, 0.15) is 33.0 Å². The molecule has 0 amide bonds. The van der Waals surface area contributed by atoms with Crippen LogP contribution in [0, 0.1) is 11.8 Å². The van der Waals surface area contributed by atoms with E-state index >= 15 is 0 Å². The van der Waals surface area contributed by atoms with E-state index in [1.165, 1.54) is 10.7 Å². The molecule has 1 aliphatic rings. The molecule has 6 nitrogen and oxygen atoms in total. The summed E-state index contributed by atoms with van der Waals surface area (Å²) in [6, 6.07) is 5.26. The maximum Gasteiger partial charge on any atom is 0.242 e. The van der Waals surface area contributed by atoms with Gasteiger partial charge in [-0.3, -0.25) is 4.90 Å². The number of benzene rings is 1. The van der Waals surface area contributed by atoms with E-state index in [0.717, 1.165) is 43.0 Å². The zero-order valence-electron chi connectivity index (χ0n) is 16.4. The maximum atomic E-state index is 12.4. The molecule has 1 aliphatic heterocycles. The number of aromatic nitrogens is 2. The fourth-order valence-corrected chi connectivity index (χ4v) is 5.05. The fourth-order valence-electron chi connectivity index (χ4n) is 4.13. The molecule has 0 aliphatic carbocycles. The summed E-state index contributed by atoms with van der Waals surface area (Å²) in [4.78, 5) is 7.57. The van der Waals surface area contributed by atoms with Gasteiger partial charge in [0.25, 0.3) is 0 Å². The van der Waals surface area contributed by atoms with E-state index < -0.39 is 10.0 Å².